The number of carbonyl (C=O) groups is 1. The maximum atomic E-state index is 12.5. The first-order chi connectivity index (χ1) is 14.8. The summed E-state index contributed by atoms with van der Waals surface area (Å²) in [6, 6.07) is 7.01. The number of thioether (sulfide) groups is 1. The van der Waals surface area contributed by atoms with E-state index in [1.54, 1.807) is 0 Å². The predicted molar refractivity (Wildman–Crippen MR) is 130 cm³/mol. The lowest BCUT2D eigenvalue weighted by molar-refractivity contribution is 0.00167. The van der Waals surface area contributed by atoms with Crippen LogP contribution in [0.3, 0.4) is 0 Å². The van der Waals surface area contributed by atoms with E-state index in [0.717, 1.165) is 52.1 Å². The van der Waals surface area contributed by atoms with Gasteiger partial charge in [-0.25, -0.2) is 4.79 Å². The molecule has 5 nitrogen and oxygen atoms in total. The van der Waals surface area contributed by atoms with Gasteiger partial charge in [0.15, 0.2) is 0 Å². The lowest BCUT2D eigenvalue weighted by Gasteiger charge is -2.45. The van der Waals surface area contributed by atoms with E-state index >= 15 is 0 Å². The predicted octanol–water partition coefficient (Wildman–Crippen LogP) is 4.91. The fourth-order valence-electron chi connectivity index (χ4n) is 5.35. The molecular formula is C25H39N3O2S. The Morgan fingerprint density at radius 3 is 2.45 bits per heavy atom. The van der Waals surface area contributed by atoms with E-state index in [2.05, 4.69) is 46.7 Å². The number of aryl methyl sites for hydroxylation is 1. The third-order valence-electron chi connectivity index (χ3n) is 7.04. The van der Waals surface area contributed by atoms with Crippen molar-refractivity contribution >= 4 is 23.5 Å². The summed E-state index contributed by atoms with van der Waals surface area (Å²) in [5, 5.41) is 0. The van der Waals surface area contributed by atoms with Crippen LogP contribution in [0.1, 0.15) is 57.6 Å². The number of hydrogen-bond acceptors (Lipinski definition) is 5. The van der Waals surface area contributed by atoms with Crippen molar-refractivity contribution in [1.29, 1.82) is 0 Å². The first-order valence-corrected chi connectivity index (χ1v) is 13.1. The summed E-state index contributed by atoms with van der Waals surface area (Å²) in [4.78, 5) is 19.8. The summed E-state index contributed by atoms with van der Waals surface area (Å²) < 4.78 is 5.61. The summed E-state index contributed by atoms with van der Waals surface area (Å²) in [6.07, 6.45) is 4.45. The minimum Gasteiger partial charge on any atom is -0.444 e. The zero-order valence-electron chi connectivity index (χ0n) is 19.8. The minimum absolute atomic E-state index is 0.157. The van der Waals surface area contributed by atoms with Crippen LogP contribution in [0.5, 0.6) is 0 Å². The highest BCUT2D eigenvalue weighted by molar-refractivity contribution is 7.99. The summed E-state index contributed by atoms with van der Waals surface area (Å²) >= 11 is 2.07. The molecule has 0 saturated carbocycles. The van der Waals surface area contributed by atoms with E-state index < -0.39 is 5.60 Å². The number of benzene rings is 1. The molecule has 3 aliphatic heterocycles. The van der Waals surface area contributed by atoms with Crippen LogP contribution in [0.2, 0.25) is 0 Å². The molecule has 4 rings (SSSR count). The monoisotopic (exact) mass is 445 g/mol. The van der Waals surface area contributed by atoms with Crippen molar-refractivity contribution in [2.45, 2.75) is 71.1 Å². The molecule has 3 saturated heterocycles. The molecule has 1 aromatic rings. The molecule has 31 heavy (non-hydrogen) atoms. The third kappa shape index (κ3) is 5.33. The molecule has 1 spiro atoms. The van der Waals surface area contributed by atoms with Crippen LogP contribution >= 0.6 is 11.8 Å². The number of rotatable bonds is 3. The second-order valence-corrected chi connectivity index (χ2v) is 11.7. The summed E-state index contributed by atoms with van der Waals surface area (Å²) in [6.45, 7) is 14.1. The van der Waals surface area contributed by atoms with Crippen molar-refractivity contribution in [2.75, 3.05) is 49.1 Å². The van der Waals surface area contributed by atoms with E-state index in [9.17, 15) is 4.79 Å². The second kappa shape index (κ2) is 9.22. The highest BCUT2D eigenvalue weighted by atomic mass is 32.2. The fourth-order valence-corrected chi connectivity index (χ4v) is 6.25. The Balaban J connectivity index is 1.45. The van der Waals surface area contributed by atoms with Crippen LogP contribution in [0, 0.1) is 6.92 Å². The summed E-state index contributed by atoms with van der Waals surface area (Å²) in [5.74, 6) is 2.45. The lowest BCUT2D eigenvalue weighted by atomic mass is 9.84. The Morgan fingerprint density at radius 1 is 1.06 bits per heavy atom. The van der Waals surface area contributed by atoms with Crippen molar-refractivity contribution in [3.8, 4) is 0 Å². The number of anilines is 1. The molecule has 6 heteroatoms. The zero-order chi connectivity index (χ0) is 22.1. The van der Waals surface area contributed by atoms with Crippen LogP contribution < -0.4 is 4.90 Å². The van der Waals surface area contributed by atoms with Gasteiger partial charge in [-0.05, 0) is 77.1 Å². The van der Waals surface area contributed by atoms with Gasteiger partial charge in [0.2, 0.25) is 0 Å². The van der Waals surface area contributed by atoms with Crippen LogP contribution in [0.25, 0.3) is 0 Å². The number of nitrogens with zero attached hydrogens (tertiary/aromatic N) is 3. The van der Waals surface area contributed by atoms with Crippen molar-refractivity contribution < 1.29 is 9.53 Å². The fraction of sp³-hybridized carbons (Fsp3) is 0.720. The van der Waals surface area contributed by atoms with Crippen LogP contribution in [0.15, 0.2) is 18.2 Å². The molecule has 1 amide bonds. The summed E-state index contributed by atoms with van der Waals surface area (Å²) in [7, 11) is 0. The van der Waals surface area contributed by atoms with Gasteiger partial charge in [0.25, 0.3) is 0 Å². The van der Waals surface area contributed by atoms with Crippen LogP contribution in [-0.2, 0) is 11.3 Å². The maximum absolute atomic E-state index is 12.5. The Morgan fingerprint density at radius 2 is 1.77 bits per heavy atom. The zero-order valence-corrected chi connectivity index (χ0v) is 20.6. The van der Waals surface area contributed by atoms with Crippen LogP contribution in [-0.4, -0.2) is 71.3 Å². The number of amides is 1. The largest absolute Gasteiger partial charge is 0.444 e. The van der Waals surface area contributed by atoms with E-state index in [4.69, 9.17) is 4.74 Å². The Bertz CT molecular complexity index is 777. The van der Waals surface area contributed by atoms with Gasteiger partial charge in [-0.3, -0.25) is 4.90 Å². The SMILES string of the molecule is Cc1ccc(CN2CCCC23CCN(C(=O)OC(C)(C)C)CC3)c(N2CCSCC2)c1. The topological polar surface area (TPSA) is 36.0 Å². The van der Waals surface area contributed by atoms with Gasteiger partial charge < -0.3 is 14.5 Å². The molecule has 0 radical (unpaired) electrons. The molecular weight excluding hydrogens is 406 g/mol. The molecule has 1 aromatic carbocycles. The lowest BCUT2D eigenvalue weighted by Crippen LogP contribution is -2.53. The molecule has 0 aromatic heterocycles. The third-order valence-corrected chi connectivity index (χ3v) is 7.98. The number of hydrogen-bond donors (Lipinski definition) is 0. The van der Waals surface area contributed by atoms with E-state index in [0.29, 0.717) is 0 Å². The van der Waals surface area contributed by atoms with Gasteiger partial charge in [0, 0.05) is 55.5 Å². The number of ether oxygens (including phenoxy) is 1. The normalized spacial score (nSPS) is 22.2. The Hall–Kier alpha value is -1.40. The Labute approximate surface area is 192 Å². The van der Waals surface area contributed by atoms with Gasteiger partial charge in [-0.1, -0.05) is 12.1 Å². The molecule has 3 aliphatic rings. The van der Waals surface area contributed by atoms with E-state index in [1.165, 1.54) is 41.2 Å². The highest BCUT2D eigenvalue weighted by Gasteiger charge is 2.44. The average Bonchev–Trinajstić information content (AvgIpc) is 3.10. The summed E-state index contributed by atoms with van der Waals surface area (Å²) in [5.41, 5.74) is 4.06. The standard InChI is InChI=1S/C25H39N3O2S/c1-20-6-7-21(22(18-20)26-14-16-31-17-15-26)19-28-11-5-8-25(28)9-12-27(13-10-25)23(29)30-24(2,3)4/h6-7,18H,5,8-17,19H2,1-4H3. The van der Waals surface area contributed by atoms with Gasteiger partial charge in [0.05, 0.1) is 0 Å². The number of carbonyl (C=O) groups excluding carboxylic acids is 1. The molecule has 172 valence electrons. The van der Waals surface area contributed by atoms with Gasteiger partial charge in [0.1, 0.15) is 5.60 Å². The number of likely N-dealkylation sites (tertiary alicyclic amines) is 2. The quantitative estimate of drug-likeness (QED) is 0.660. The smallest absolute Gasteiger partial charge is 0.410 e. The molecule has 0 N–H and O–H groups in total. The van der Waals surface area contributed by atoms with Gasteiger partial charge in [-0.2, -0.15) is 11.8 Å². The highest BCUT2D eigenvalue weighted by Crippen LogP contribution is 2.40. The van der Waals surface area contributed by atoms with Crippen LogP contribution in [0.4, 0.5) is 10.5 Å². The van der Waals surface area contributed by atoms with Crippen molar-refractivity contribution in [3.05, 3.63) is 29.3 Å². The molecule has 0 aliphatic carbocycles. The van der Waals surface area contributed by atoms with E-state index in [-0.39, 0.29) is 11.6 Å². The number of piperidine rings is 1. The van der Waals surface area contributed by atoms with Crippen molar-refractivity contribution in [3.63, 3.8) is 0 Å². The molecule has 0 atom stereocenters. The van der Waals surface area contributed by atoms with Crippen molar-refractivity contribution in [1.82, 2.24) is 9.80 Å². The van der Waals surface area contributed by atoms with Crippen molar-refractivity contribution in [2.24, 2.45) is 0 Å². The second-order valence-electron chi connectivity index (χ2n) is 10.4. The Kier molecular flexibility index (Phi) is 6.78. The first kappa shape index (κ1) is 22.8. The van der Waals surface area contributed by atoms with Gasteiger partial charge >= 0.3 is 6.09 Å². The molecule has 0 unspecified atom stereocenters. The van der Waals surface area contributed by atoms with E-state index in [1.807, 2.05) is 25.7 Å². The molecule has 0 bridgehead atoms. The van der Waals surface area contributed by atoms with Gasteiger partial charge in [-0.15, -0.1) is 0 Å². The first-order valence-electron chi connectivity index (χ1n) is 11.9. The maximum Gasteiger partial charge on any atom is 0.410 e. The average molecular weight is 446 g/mol. The minimum atomic E-state index is -0.430. The molecule has 3 fully saturated rings. The molecule has 3 heterocycles.